The minimum atomic E-state index is -0.322. The summed E-state index contributed by atoms with van der Waals surface area (Å²) in [5.41, 5.74) is 7.02. The fourth-order valence-electron chi connectivity index (χ4n) is 3.09. The summed E-state index contributed by atoms with van der Waals surface area (Å²) in [6.07, 6.45) is 3.69. The van der Waals surface area contributed by atoms with E-state index in [4.69, 9.17) is 10.5 Å². The molecule has 0 spiro atoms. The topological polar surface area (TPSA) is 51.4 Å². The minimum absolute atomic E-state index is 0.159. The van der Waals surface area contributed by atoms with Crippen molar-refractivity contribution in [3.05, 3.63) is 29.8 Å². The molecule has 3 atom stereocenters. The number of aromatic nitrogens is 1. The van der Waals surface area contributed by atoms with Crippen LogP contribution in [0.5, 0.6) is 0 Å². The molecule has 0 radical (unpaired) electrons. The molecule has 0 saturated carbocycles. The van der Waals surface area contributed by atoms with Crippen molar-refractivity contribution in [1.29, 1.82) is 0 Å². The van der Waals surface area contributed by atoms with E-state index < -0.39 is 0 Å². The van der Waals surface area contributed by atoms with Gasteiger partial charge in [-0.3, -0.25) is 4.98 Å². The number of hydrogen-bond donors (Lipinski definition) is 1. The molecule has 1 aromatic rings. The number of rotatable bonds is 6. The Balaban J connectivity index is 1.88. The molecule has 0 aliphatic carbocycles. The number of nitrogens with two attached hydrogens (primary N) is 1. The molecule has 2 N–H and O–H groups in total. The average molecular weight is 295 g/mol. The zero-order valence-corrected chi connectivity index (χ0v) is 13.0. The summed E-state index contributed by atoms with van der Waals surface area (Å²) in [6, 6.07) is 2.94. The summed E-state index contributed by atoms with van der Waals surface area (Å²) in [7, 11) is 1.76. The second kappa shape index (κ2) is 7.82. The van der Waals surface area contributed by atoms with E-state index in [0.29, 0.717) is 5.92 Å². The lowest BCUT2D eigenvalue weighted by Gasteiger charge is -2.35. The first-order valence-corrected chi connectivity index (χ1v) is 7.68. The molecule has 0 bridgehead atoms. The van der Waals surface area contributed by atoms with E-state index in [0.717, 1.165) is 31.9 Å². The third-order valence-electron chi connectivity index (χ3n) is 4.26. The van der Waals surface area contributed by atoms with Gasteiger partial charge in [-0.25, -0.2) is 4.39 Å². The number of ether oxygens (including phenoxy) is 1. The number of methoxy groups -OCH3 is 1. The summed E-state index contributed by atoms with van der Waals surface area (Å²) < 4.78 is 18.2. The van der Waals surface area contributed by atoms with E-state index in [1.165, 1.54) is 25.1 Å². The van der Waals surface area contributed by atoms with Crippen molar-refractivity contribution in [3.63, 3.8) is 0 Å². The van der Waals surface area contributed by atoms with Gasteiger partial charge in [0.25, 0.3) is 0 Å². The number of pyridine rings is 1. The van der Waals surface area contributed by atoms with Crippen LogP contribution in [0.3, 0.4) is 0 Å². The van der Waals surface area contributed by atoms with Crippen molar-refractivity contribution in [2.75, 3.05) is 33.4 Å². The van der Waals surface area contributed by atoms with E-state index in [1.54, 1.807) is 13.2 Å². The van der Waals surface area contributed by atoms with Crippen LogP contribution in [0.4, 0.5) is 4.39 Å². The molecule has 1 saturated heterocycles. The lowest BCUT2D eigenvalue weighted by molar-refractivity contribution is 0.0816. The second-order valence-corrected chi connectivity index (χ2v) is 6.13. The Bertz CT molecular complexity index is 424. The number of nitrogens with zero attached hydrogens (tertiary/aromatic N) is 2. The van der Waals surface area contributed by atoms with Crippen molar-refractivity contribution in [3.8, 4) is 0 Å². The molecule has 5 heteroatoms. The van der Waals surface area contributed by atoms with E-state index in [1.807, 2.05) is 0 Å². The highest BCUT2D eigenvalue weighted by molar-refractivity contribution is 5.10. The van der Waals surface area contributed by atoms with Gasteiger partial charge in [-0.15, -0.1) is 0 Å². The quantitative estimate of drug-likeness (QED) is 0.874. The monoisotopic (exact) mass is 295 g/mol. The van der Waals surface area contributed by atoms with Crippen molar-refractivity contribution in [1.82, 2.24) is 9.88 Å². The van der Waals surface area contributed by atoms with Crippen LogP contribution >= 0.6 is 0 Å². The van der Waals surface area contributed by atoms with Crippen LogP contribution in [0.1, 0.15) is 31.5 Å². The van der Waals surface area contributed by atoms with Gasteiger partial charge in [-0.05, 0) is 43.4 Å². The molecule has 21 heavy (non-hydrogen) atoms. The predicted octanol–water partition coefficient (Wildman–Crippen LogP) is 2.21. The summed E-state index contributed by atoms with van der Waals surface area (Å²) in [6.45, 7) is 6.10. The maximum absolute atomic E-state index is 12.9. The molecular formula is C16H26FN3O. The van der Waals surface area contributed by atoms with Gasteiger partial charge in [0, 0.05) is 20.2 Å². The Kier molecular flexibility index (Phi) is 6.08. The number of hydrogen-bond acceptors (Lipinski definition) is 4. The van der Waals surface area contributed by atoms with Crippen molar-refractivity contribution < 1.29 is 9.13 Å². The van der Waals surface area contributed by atoms with E-state index >= 15 is 0 Å². The van der Waals surface area contributed by atoms with E-state index in [-0.39, 0.29) is 17.8 Å². The van der Waals surface area contributed by atoms with Gasteiger partial charge in [0.15, 0.2) is 0 Å². The lowest BCUT2D eigenvalue weighted by Crippen LogP contribution is -2.41. The Labute approximate surface area is 126 Å². The predicted molar refractivity (Wildman–Crippen MR) is 81.3 cm³/mol. The summed E-state index contributed by atoms with van der Waals surface area (Å²) in [4.78, 5) is 6.56. The molecule has 3 unspecified atom stereocenters. The Morgan fingerprint density at radius 1 is 1.52 bits per heavy atom. The fraction of sp³-hybridized carbons (Fsp3) is 0.688. The van der Waals surface area contributed by atoms with Gasteiger partial charge in [-0.2, -0.15) is 0 Å². The standard InChI is InChI=1S/C16H26FN3O/c1-12(16(18)15-6-5-14(17)8-19-15)9-20-7-3-4-13(10-20)11-21-2/h5-6,8,12-13,16H,3-4,7,9-11,18H2,1-2H3. The second-order valence-electron chi connectivity index (χ2n) is 6.13. The lowest BCUT2D eigenvalue weighted by atomic mass is 9.94. The molecule has 2 rings (SSSR count). The third-order valence-corrected chi connectivity index (χ3v) is 4.26. The SMILES string of the molecule is COCC1CCCN(CC(C)C(N)c2ccc(F)cn2)C1. The highest BCUT2D eigenvalue weighted by atomic mass is 19.1. The number of likely N-dealkylation sites (tertiary alicyclic amines) is 1. The third kappa shape index (κ3) is 4.73. The smallest absolute Gasteiger partial charge is 0.141 e. The Morgan fingerprint density at radius 3 is 3.00 bits per heavy atom. The van der Waals surface area contributed by atoms with Gasteiger partial charge in [0.1, 0.15) is 5.82 Å². The molecule has 118 valence electrons. The van der Waals surface area contributed by atoms with Crippen molar-refractivity contribution >= 4 is 0 Å². The summed E-state index contributed by atoms with van der Waals surface area (Å²) >= 11 is 0. The Morgan fingerprint density at radius 2 is 2.33 bits per heavy atom. The number of piperidine rings is 1. The largest absolute Gasteiger partial charge is 0.384 e. The normalized spacial score (nSPS) is 23.0. The molecule has 1 aliphatic heterocycles. The van der Waals surface area contributed by atoms with Crippen LogP contribution in [-0.4, -0.2) is 43.2 Å². The fourth-order valence-corrected chi connectivity index (χ4v) is 3.09. The first kappa shape index (κ1) is 16.3. The van der Waals surface area contributed by atoms with Crippen molar-refractivity contribution in [2.45, 2.75) is 25.8 Å². The summed E-state index contributed by atoms with van der Waals surface area (Å²) in [5.74, 6) is 0.581. The summed E-state index contributed by atoms with van der Waals surface area (Å²) in [5, 5.41) is 0. The van der Waals surface area contributed by atoms with Crippen molar-refractivity contribution in [2.24, 2.45) is 17.6 Å². The molecule has 2 heterocycles. The van der Waals surface area contributed by atoms with Gasteiger partial charge >= 0.3 is 0 Å². The maximum atomic E-state index is 12.9. The zero-order chi connectivity index (χ0) is 15.2. The molecule has 1 aromatic heterocycles. The van der Waals surface area contributed by atoms with Crippen LogP contribution in [-0.2, 0) is 4.74 Å². The van der Waals surface area contributed by atoms with Crippen LogP contribution in [0.2, 0.25) is 0 Å². The maximum Gasteiger partial charge on any atom is 0.141 e. The van der Waals surface area contributed by atoms with Crippen LogP contribution < -0.4 is 5.73 Å². The average Bonchev–Trinajstić information content (AvgIpc) is 2.48. The molecule has 4 nitrogen and oxygen atoms in total. The molecule has 1 aliphatic rings. The number of halogens is 1. The van der Waals surface area contributed by atoms with Gasteiger partial charge in [0.2, 0.25) is 0 Å². The van der Waals surface area contributed by atoms with Crippen LogP contribution in [0.15, 0.2) is 18.3 Å². The first-order valence-electron chi connectivity index (χ1n) is 7.68. The zero-order valence-electron chi connectivity index (χ0n) is 13.0. The first-order chi connectivity index (χ1) is 10.1. The highest BCUT2D eigenvalue weighted by Crippen LogP contribution is 2.22. The molecular weight excluding hydrogens is 269 g/mol. The van der Waals surface area contributed by atoms with Gasteiger partial charge in [0.05, 0.1) is 24.5 Å². The molecule has 1 fully saturated rings. The van der Waals surface area contributed by atoms with Crippen LogP contribution in [0.25, 0.3) is 0 Å². The van der Waals surface area contributed by atoms with Gasteiger partial charge in [-0.1, -0.05) is 6.92 Å². The highest BCUT2D eigenvalue weighted by Gasteiger charge is 2.24. The van der Waals surface area contributed by atoms with Gasteiger partial charge < -0.3 is 15.4 Å². The van der Waals surface area contributed by atoms with E-state index in [2.05, 4.69) is 16.8 Å². The Hall–Kier alpha value is -1.04. The molecule has 0 amide bonds. The minimum Gasteiger partial charge on any atom is -0.384 e. The van der Waals surface area contributed by atoms with Crippen LogP contribution in [0, 0.1) is 17.7 Å². The van der Waals surface area contributed by atoms with E-state index in [9.17, 15) is 4.39 Å². The molecule has 0 aromatic carbocycles.